The van der Waals surface area contributed by atoms with Crippen LogP contribution in [-0.4, -0.2) is 13.7 Å². The molecular formula is C81H56N4. The topological polar surface area (TPSA) is 18.0 Å². The molecule has 0 saturated heterocycles. The molecule has 0 fully saturated rings. The zero-order chi connectivity index (χ0) is 56.3. The Morgan fingerprint density at radius 3 is 1.02 bits per heavy atom. The minimum Gasteiger partial charge on any atom is -0.310 e. The Hall–Kier alpha value is -10.9. The standard InChI is InChI=1S/C81H56N4/c1-81(2)73-49-56(58-37-47-72-70-24-12-16-28-78(70)85(80(72)51-58)60-19-7-4-8-20-60)35-45-65(73)66-48-44-64(52-74(66)81)82(62-40-42-63(43-41-62)83-75-25-13-9-21-67(75)68-22-10-14-26-76(68)83)61-38-33-54(34-39-61)53-29-31-55(32-30-53)57-36-46-71-69-23-11-15-27-77(69)84(79(71)50-57)59-17-5-3-6-18-59/h3-52H,1-2H3. The van der Waals surface area contributed by atoms with Gasteiger partial charge in [0.2, 0.25) is 0 Å². The molecule has 0 saturated carbocycles. The van der Waals surface area contributed by atoms with Crippen molar-refractivity contribution in [3.63, 3.8) is 0 Å². The van der Waals surface area contributed by atoms with E-state index in [2.05, 4.69) is 336 Å². The Bertz CT molecular complexity index is 5240. The normalized spacial score (nSPS) is 12.7. The fourth-order valence-corrected chi connectivity index (χ4v) is 14.1. The monoisotopic (exact) mass is 1080 g/mol. The van der Waals surface area contributed by atoms with Crippen molar-refractivity contribution in [3.8, 4) is 61.6 Å². The van der Waals surface area contributed by atoms with E-state index in [9.17, 15) is 0 Å². The molecule has 0 aliphatic heterocycles. The summed E-state index contributed by atoms with van der Waals surface area (Å²) >= 11 is 0. The zero-order valence-corrected chi connectivity index (χ0v) is 47.2. The Balaban J connectivity index is 0.733. The number of nitrogens with zero attached hydrogens (tertiary/aromatic N) is 4. The van der Waals surface area contributed by atoms with Crippen molar-refractivity contribution >= 4 is 82.5 Å². The van der Waals surface area contributed by atoms with Gasteiger partial charge in [0.05, 0.1) is 33.1 Å². The molecule has 0 radical (unpaired) electrons. The van der Waals surface area contributed by atoms with Crippen molar-refractivity contribution in [2.24, 2.45) is 0 Å². The molecule has 400 valence electrons. The van der Waals surface area contributed by atoms with Crippen LogP contribution in [0, 0.1) is 0 Å². The molecule has 0 atom stereocenters. The molecule has 85 heavy (non-hydrogen) atoms. The molecule has 4 heteroatoms. The lowest BCUT2D eigenvalue weighted by Gasteiger charge is -2.28. The first-order valence-electron chi connectivity index (χ1n) is 29.5. The van der Waals surface area contributed by atoms with Gasteiger partial charge in [0, 0.05) is 71.9 Å². The lowest BCUT2D eigenvalue weighted by molar-refractivity contribution is 0.660. The van der Waals surface area contributed by atoms with Gasteiger partial charge in [0.15, 0.2) is 0 Å². The molecule has 0 N–H and O–H groups in total. The van der Waals surface area contributed by atoms with E-state index in [0.29, 0.717) is 0 Å². The van der Waals surface area contributed by atoms with Gasteiger partial charge in [-0.1, -0.05) is 202 Å². The van der Waals surface area contributed by atoms with Crippen LogP contribution in [0.25, 0.3) is 127 Å². The van der Waals surface area contributed by atoms with E-state index in [0.717, 1.165) is 34.1 Å². The Morgan fingerprint density at radius 1 is 0.235 bits per heavy atom. The maximum absolute atomic E-state index is 2.45. The minimum absolute atomic E-state index is 0.270. The molecule has 0 amide bonds. The van der Waals surface area contributed by atoms with Crippen LogP contribution in [0.3, 0.4) is 0 Å². The molecule has 13 aromatic carbocycles. The SMILES string of the molecule is CC1(C)c2cc(-c3ccc4c5ccccc5n(-c5ccccc5)c4c3)ccc2-c2ccc(N(c3ccc(-c4ccc(-c5ccc6c7ccccc7n(-c7ccccc7)c6c5)cc4)cc3)c3ccc(-n4c5ccccc5c5ccccc54)cc3)cc21. The fourth-order valence-electron chi connectivity index (χ4n) is 14.1. The molecule has 3 heterocycles. The van der Waals surface area contributed by atoms with Gasteiger partial charge in [-0.15, -0.1) is 0 Å². The number of rotatable bonds is 9. The van der Waals surface area contributed by atoms with Crippen LogP contribution in [0.2, 0.25) is 0 Å². The third kappa shape index (κ3) is 7.69. The van der Waals surface area contributed by atoms with E-state index in [-0.39, 0.29) is 5.41 Å². The van der Waals surface area contributed by atoms with Gasteiger partial charge < -0.3 is 18.6 Å². The summed E-state index contributed by atoms with van der Waals surface area (Å²) in [6.45, 7) is 4.80. The second kappa shape index (κ2) is 19.1. The molecule has 1 aliphatic carbocycles. The first-order valence-corrected chi connectivity index (χ1v) is 29.5. The summed E-state index contributed by atoms with van der Waals surface area (Å²) in [5.41, 5.74) is 26.1. The maximum Gasteiger partial charge on any atom is 0.0547 e. The van der Waals surface area contributed by atoms with Crippen molar-refractivity contribution < 1.29 is 0 Å². The number of hydrogen-bond donors (Lipinski definition) is 0. The third-order valence-electron chi connectivity index (χ3n) is 18.3. The molecule has 16 aromatic rings. The highest BCUT2D eigenvalue weighted by Crippen LogP contribution is 2.52. The first kappa shape index (κ1) is 48.7. The van der Waals surface area contributed by atoms with E-state index in [1.54, 1.807) is 0 Å². The molecule has 17 rings (SSSR count). The lowest BCUT2D eigenvalue weighted by atomic mass is 9.81. The summed E-state index contributed by atoms with van der Waals surface area (Å²) < 4.78 is 7.19. The summed E-state index contributed by atoms with van der Waals surface area (Å²) in [4.78, 5) is 2.43. The molecule has 0 unspecified atom stereocenters. The van der Waals surface area contributed by atoms with Crippen molar-refractivity contribution in [2.75, 3.05) is 4.90 Å². The molecule has 0 spiro atoms. The van der Waals surface area contributed by atoms with Crippen LogP contribution in [0.5, 0.6) is 0 Å². The van der Waals surface area contributed by atoms with Crippen LogP contribution in [0.1, 0.15) is 25.0 Å². The number of anilines is 3. The third-order valence-corrected chi connectivity index (χ3v) is 18.3. The first-order chi connectivity index (χ1) is 41.9. The summed E-state index contributed by atoms with van der Waals surface area (Å²) in [5, 5.41) is 7.55. The second-order valence-corrected chi connectivity index (χ2v) is 23.3. The van der Waals surface area contributed by atoms with Crippen LogP contribution in [-0.2, 0) is 5.41 Å². The molecular weight excluding hydrogens is 1030 g/mol. The highest BCUT2D eigenvalue weighted by atomic mass is 15.1. The van der Waals surface area contributed by atoms with E-state index < -0.39 is 0 Å². The predicted molar refractivity (Wildman–Crippen MR) is 358 cm³/mol. The molecule has 0 bridgehead atoms. The zero-order valence-electron chi connectivity index (χ0n) is 47.2. The highest BCUT2D eigenvalue weighted by Gasteiger charge is 2.36. The fraction of sp³-hybridized carbons (Fsp3) is 0.0370. The van der Waals surface area contributed by atoms with Gasteiger partial charge in [0.25, 0.3) is 0 Å². The summed E-state index contributed by atoms with van der Waals surface area (Å²) in [5.74, 6) is 0. The average Bonchev–Trinajstić information content (AvgIpc) is 4.46. The van der Waals surface area contributed by atoms with Gasteiger partial charge in [0.1, 0.15) is 0 Å². The van der Waals surface area contributed by atoms with Crippen LogP contribution in [0.4, 0.5) is 17.1 Å². The van der Waals surface area contributed by atoms with Gasteiger partial charge in [-0.05, 0) is 171 Å². The maximum atomic E-state index is 2.45. The molecule has 1 aliphatic rings. The molecule has 3 aromatic heterocycles. The van der Waals surface area contributed by atoms with E-state index in [4.69, 9.17) is 0 Å². The predicted octanol–water partition coefficient (Wildman–Crippen LogP) is 21.8. The van der Waals surface area contributed by atoms with Crippen molar-refractivity contribution in [3.05, 3.63) is 314 Å². The van der Waals surface area contributed by atoms with Gasteiger partial charge in [-0.2, -0.15) is 0 Å². The van der Waals surface area contributed by atoms with Crippen molar-refractivity contribution in [2.45, 2.75) is 19.3 Å². The van der Waals surface area contributed by atoms with E-state index >= 15 is 0 Å². The Morgan fingerprint density at radius 2 is 0.541 bits per heavy atom. The minimum atomic E-state index is -0.270. The second-order valence-electron chi connectivity index (χ2n) is 23.3. The smallest absolute Gasteiger partial charge is 0.0547 e. The van der Waals surface area contributed by atoms with Crippen LogP contribution < -0.4 is 4.90 Å². The largest absolute Gasteiger partial charge is 0.310 e. The Labute approximate surface area is 493 Å². The van der Waals surface area contributed by atoms with Crippen molar-refractivity contribution in [1.82, 2.24) is 13.7 Å². The van der Waals surface area contributed by atoms with Crippen LogP contribution in [0.15, 0.2) is 303 Å². The number of aromatic nitrogens is 3. The quantitative estimate of drug-likeness (QED) is 0.141. The Kier molecular flexibility index (Phi) is 10.9. The van der Waals surface area contributed by atoms with Crippen LogP contribution >= 0.6 is 0 Å². The summed E-state index contributed by atoms with van der Waals surface area (Å²) in [6.07, 6.45) is 0. The van der Waals surface area contributed by atoms with Crippen molar-refractivity contribution in [1.29, 1.82) is 0 Å². The highest BCUT2D eigenvalue weighted by molar-refractivity contribution is 6.12. The van der Waals surface area contributed by atoms with E-state index in [1.807, 2.05) is 0 Å². The van der Waals surface area contributed by atoms with Gasteiger partial charge in [-0.3, -0.25) is 0 Å². The summed E-state index contributed by atoms with van der Waals surface area (Å²) in [7, 11) is 0. The van der Waals surface area contributed by atoms with E-state index in [1.165, 1.54) is 121 Å². The van der Waals surface area contributed by atoms with Gasteiger partial charge >= 0.3 is 0 Å². The number of para-hydroxylation sites is 6. The average molecular weight is 1090 g/mol. The summed E-state index contributed by atoms with van der Waals surface area (Å²) in [6, 6.07) is 112. The number of hydrogen-bond acceptors (Lipinski definition) is 1. The number of fused-ring (bicyclic) bond motifs is 12. The van der Waals surface area contributed by atoms with Gasteiger partial charge in [-0.25, -0.2) is 0 Å². The number of benzene rings is 13. The lowest BCUT2D eigenvalue weighted by Crippen LogP contribution is -2.16. The molecule has 4 nitrogen and oxygen atoms in total.